The Balaban J connectivity index is 2.38. The van der Waals surface area contributed by atoms with Gasteiger partial charge in [0.1, 0.15) is 11.6 Å². The second-order valence-electron chi connectivity index (χ2n) is 4.67. The first-order valence-corrected chi connectivity index (χ1v) is 7.39. The average Bonchev–Trinajstić information content (AvgIpc) is 2.51. The number of aryl methyl sites for hydroxylation is 1. The van der Waals surface area contributed by atoms with Gasteiger partial charge in [0, 0.05) is 18.0 Å². The van der Waals surface area contributed by atoms with Crippen molar-refractivity contribution < 1.29 is 8.78 Å². The summed E-state index contributed by atoms with van der Waals surface area (Å²) in [6, 6.07) is 4.02. The second kappa shape index (κ2) is 7.06. The summed E-state index contributed by atoms with van der Waals surface area (Å²) in [5, 5.41) is 0. The van der Waals surface area contributed by atoms with Gasteiger partial charge in [-0.2, -0.15) is 0 Å². The Morgan fingerprint density at radius 3 is 2.76 bits per heavy atom. The lowest BCUT2D eigenvalue weighted by Gasteiger charge is -2.20. The van der Waals surface area contributed by atoms with E-state index in [1.807, 2.05) is 13.0 Å². The highest BCUT2D eigenvalue weighted by molar-refractivity contribution is 9.10. The van der Waals surface area contributed by atoms with Crippen LogP contribution in [0.4, 0.5) is 8.78 Å². The van der Waals surface area contributed by atoms with Crippen molar-refractivity contribution in [3.8, 4) is 0 Å². The lowest BCUT2D eigenvalue weighted by molar-refractivity contribution is 0.495. The number of hydrogen-bond acceptors (Lipinski definition) is 3. The van der Waals surface area contributed by atoms with E-state index in [2.05, 4.69) is 26.3 Å². The van der Waals surface area contributed by atoms with E-state index >= 15 is 0 Å². The molecule has 112 valence electrons. The van der Waals surface area contributed by atoms with Gasteiger partial charge in [0.15, 0.2) is 0 Å². The summed E-state index contributed by atoms with van der Waals surface area (Å²) < 4.78 is 28.2. The molecule has 2 rings (SSSR count). The predicted octanol–water partition coefficient (Wildman–Crippen LogP) is 3.43. The summed E-state index contributed by atoms with van der Waals surface area (Å²) in [6.45, 7) is 1.99. The zero-order valence-electron chi connectivity index (χ0n) is 11.5. The minimum Gasteiger partial charge on any atom is -0.271 e. The molecule has 0 spiro atoms. The number of benzene rings is 1. The highest BCUT2D eigenvalue weighted by Gasteiger charge is 2.20. The van der Waals surface area contributed by atoms with Crippen LogP contribution in [0.3, 0.4) is 0 Å². The molecule has 6 heteroatoms. The van der Waals surface area contributed by atoms with Gasteiger partial charge >= 0.3 is 0 Å². The van der Waals surface area contributed by atoms with Crippen LogP contribution in [0.25, 0.3) is 0 Å². The van der Waals surface area contributed by atoms with E-state index in [1.165, 1.54) is 12.1 Å². The number of hydrogen-bond donors (Lipinski definition) is 2. The van der Waals surface area contributed by atoms with Gasteiger partial charge in [0.05, 0.1) is 10.5 Å². The van der Waals surface area contributed by atoms with E-state index in [0.29, 0.717) is 0 Å². The van der Waals surface area contributed by atoms with E-state index in [1.54, 1.807) is 12.4 Å². The van der Waals surface area contributed by atoms with Gasteiger partial charge < -0.3 is 0 Å². The highest BCUT2D eigenvalue weighted by Crippen LogP contribution is 2.27. The molecule has 0 radical (unpaired) electrons. The Labute approximate surface area is 130 Å². The Morgan fingerprint density at radius 1 is 1.33 bits per heavy atom. The zero-order valence-corrected chi connectivity index (χ0v) is 13.1. The molecule has 1 aromatic heterocycles. The van der Waals surface area contributed by atoms with E-state index in [4.69, 9.17) is 5.84 Å². The summed E-state index contributed by atoms with van der Waals surface area (Å²) in [6.07, 6.45) is 4.27. The van der Waals surface area contributed by atoms with Crippen molar-refractivity contribution in [2.24, 2.45) is 5.84 Å². The summed E-state index contributed by atoms with van der Waals surface area (Å²) in [4.78, 5) is 4.06. The molecule has 0 aliphatic rings. The molecule has 1 atom stereocenters. The number of hydrazine groups is 1. The van der Waals surface area contributed by atoms with Crippen LogP contribution in [0.15, 0.2) is 35.1 Å². The molecular weight excluding hydrogens is 340 g/mol. The number of rotatable bonds is 5. The molecule has 3 N–H and O–H groups in total. The van der Waals surface area contributed by atoms with Crippen LogP contribution in [-0.2, 0) is 12.8 Å². The van der Waals surface area contributed by atoms with Crippen LogP contribution in [0, 0.1) is 11.6 Å². The van der Waals surface area contributed by atoms with Gasteiger partial charge in [-0.15, -0.1) is 0 Å². The third-order valence-electron chi connectivity index (χ3n) is 3.45. The first-order chi connectivity index (χ1) is 10.1. The SMILES string of the molecule is CCc1cnccc1C(Cc1c(F)ccc(Br)c1F)NN. The second-order valence-corrected chi connectivity index (χ2v) is 5.53. The third-order valence-corrected chi connectivity index (χ3v) is 4.06. The molecule has 0 amide bonds. The maximum absolute atomic E-state index is 14.1. The molecular formula is C15H16BrF2N3. The third kappa shape index (κ3) is 3.45. The topological polar surface area (TPSA) is 50.9 Å². The molecule has 3 nitrogen and oxygen atoms in total. The fraction of sp³-hybridized carbons (Fsp3) is 0.267. The van der Waals surface area contributed by atoms with Crippen molar-refractivity contribution in [3.63, 3.8) is 0 Å². The number of nitrogens with one attached hydrogen (secondary N) is 1. The van der Waals surface area contributed by atoms with Crippen molar-refractivity contribution in [2.75, 3.05) is 0 Å². The predicted molar refractivity (Wildman–Crippen MR) is 81.4 cm³/mol. The fourth-order valence-corrected chi connectivity index (χ4v) is 2.66. The Hall–Kier alpha value is -1.37. The molecule has 0 saturated carbocycles. The Kier molecular flexibility index (Phi) is 5.39. The molecule has 0 fully saturated rings. The largest absolute Gasteiger partial charge is 0.271 e. The van der Waals surface area contributed by atoms with Crippen LogP contribution in [-0.4, -0.2) is 4.98 Å². The van der Waals surface area contributed by atoms with Crippen LogP contribution >= 0.6 is 15.9 Å². The maximum atomic E-state index is 14.1. The lowest BCUT2D eigenvalue weighted by Crippen LogP contribution is -2.31. The van der Waals surface area contributed by atoms with Gasteiger partial charge in [-0.3, -0.25) is 16.3 Å². The lowest BCUT2D eigenvalue weighted by atomic mass is 9.95. The maximum Gasteiger partial charge on any atom is 0.143 e. The van der Waals surface area contributed by atoms with Crippen molar-refractivity contribution >= 4 is 15.9 Å². The summed E-state index contributed by atoms with van der Waals surface area (Å²) in [5.41, 5.74) is 4.54. The minimum absolute atomic E-state index is 0.00573. The summed E-state index contributed by atoms with van der Waals surface area (Å²) in [5.74, 6) is 4.41. The highest BCUT2D eigenvalue weighted by atomic mass is 79.9. The molecule has 21 heavy (non-hydrogen) atoms. The van der Waals surface area contributed by atoms with Gasteiger partial charge in [0.2, 0.25) is 0 Å². The number of nitrogens with two attached hydrogens (primary N) is 1. The summed E-state index contributed by atoms with van der Waals surface area (Å²) in [7, 11) is 0. The molecule has 0 saturated heterocycles. The minimum atomic E-state index is -0.595. The number of pyridine rings is 1. The standard InChI is InChI=1S/C15H16BrF2N3/c1-2-9-8-20-6-5-10(9)14(21-19)7-11-13(17)4-3-12(16)15(11)18/h3-6,8,14,21H,2,7,19H2,1H3. The van der Waals surface area contributed by atoms with Crippen molar-refractivity contribution in [1.29, 1.82) is 0 Å². The molecule has 1 aromatic carbocycles. The van der Waals surface area contributed by atoms with E-state index in [-0.39, 0.29) is 22.5 Å². The first-order valence-electron chi connectivity index (χ1n) is 6.59. The number of aromatic nitrogens is 1. The molecule has 2 aromatic rings. The Bertz CT molecular complexity index is 634. The zero-order chi connectivity index (χ0) is 15.4. The number of nitrogens with zero attached hydrogens (tertiary/aromatic N) is 1. The number of halogens is 3. The summed E-state index contributed by atoms with van der Waals surface area (Å²) >= 11 is 3.07. The van der Waals surface area contributed by atoms with Gasteiger partial charge in [-0.25, -0.2) is 8.78 Å². The van der Waals surface area contributed by atoms with Gasteiger partial charge in [-0.05, 0) is 58.1 Å². The van der Waals surface area contributed by atoms with Crippen LogP contribution < -0.4 is 11.3 Å². The molecule has 0 aliphatic carbocycles. The smallest absolute Gasteiger partial charge is 0.143 e. The van der Waals surface area contributed by atoms with Crippen molar-refractivity contribution in [2.45, 2.75) is 25.8 Å². The first kappa shape index (κ1) is 16.0. The molecule has 1 heterocycles. The van der Waals surface area contributed by atoms with Crippen LogP contribution in [0.5, 0.6) is 0 Å². The molecule has 0 aliphatic heterocycles. The van der Waals surface area contributed by atoms with Crippen molar-refractivity contribution in [3.05, 3.63) is 63.4 Å². The normalized spacial score (nSPS) is 12.4. The molecule has 0 bridgehead atoms. The van der Waals surface area contributed by atoms with Gasteiger partial charge in [-0.1, -0.05) is 6.92 Å². The van der Waals surface area contributed by atoms with E-state index in [9.17, 15) is 8.78 Å². The van der Waals surface area contributed by atoms with Crippen molar-refractivity contribution in [1.82, 2.24) is 10.4 Å². The molecule has 1 unspecified atom stereocenters. The van der Waals surface area contributed by atoms with E-state index < -0.39 is 11.6 Å². The van der Waals surface area contributed by atoms with E-state index in [0.717, 1.165) is 17.5 Å². The average molecular weight is 356 g/mol. The van der Waals surface area contributed by atoms with Crippen LogP contribution in [0.1, 0.15) is 29.7 Å². The van der Waals surface area contributed by atoms with Gasteiger partial charge in [0.25, 0.3) is 0 Å². The fourth-order valence-electron chi connectivity index (χ4n) is 2.29. The quantitative estimate of drug-likeness (QED) is 0.490. The Morgan fingerprint density at radius 2 is 2.10 bits per heavy atom. The monoisotopic (exact) mass is 355 g/mol. The van der Waals surface area contributed by atoms with Crippen LogP contribution in [0.2, 0.25) is 0 Å².